The van der Waals surface area contributed by atoms with Crippen molar-refractivity contribution in [3.8, 4) is 0 Å². The van der Waals surface area contributed by atoms with Gasteiger partial charge in [-0.2, -0.15) is 11.3 Å². The number of piperazine rings is 1. The number of rotatable bonds is 4. The van der Waals surface area contributed by atoms with E-state index in [1.165, 1.54) is 5.56 Å². The first kappa shape index (κ1) is 15.0. The third kappa shape index (κ3) is 3.63. The van der Waals surface area contributed by atoms with Crippen molar-refractivity contribution in [2.24, 2.45) is 0 Å². The van der Waals surface area contributed by atoms with E-state index < -0.39 is 0 Å². The summed E-state index contributed by atoms with van der Waals surface area (Å²) in [5.74, 6) is 0.240. The van der Waals surface area contributed by atoms with Gasteiger partial charge in [0.05, 0.1) is 12.1 Å². The highest BCUT2D eigenvalue weighted by molar-refractivity contribution is 7.07. The smallest absolute Gasteiger partial charge is 0.239 e. The lowest BCUT2D eigenvalue weighted by Crippen LogP contribution is -2.52. The van der Waals surface area contributed by atoms with Gasteiger partial charge in [0.15, 0.2) is 0 Å². The fraction of sp³-hybridized carbons (Fsp3) is 0.667. The Morgan fingerprint density at radius 3 is 2.86 bits per heavy atom. The van der Waals surface area contributed by atoms with Crippen molar-refractivity contribution in [3.63, 3.8) is 0 Å². The van der Waals surface area contributed by atoms with E-state index in [4.69, 9.17) is 4.74 Å². The largest absolute Gasteiger partial charge is 0.380 e. The standard InChI is InChI=1S/C15H23N3O2S/c1-20-13-8-14(16-9-13)15(19)18-5-3-17(4-6-18)10-12-2-7-21-11-12/h2,7,11,13-14,16H,3-6,8-10H2,1H3. The minimum absolute atomic E-state index is 0.0571. The second-order valence-electron chi connectivity index (χ2n) is 5.79. The van der Waals surface area contributed by atoms with Crippen molar-refractivity contribution >= 4 is 17.2 Å². The first-order chi connectivity index (χ1) is 10.3. The molecule has 2 unspecified atom stereocenters. The van der Waals surface area contributed by atoms with Crippen LogP contribution >= 0.6 is 11.3 Å². The lowest BCUT2D eigenvalue weighted by Gasteiger charge is -2.35. The maximum Gasteiger partial charge on any atom is 0.239 e. The number of hydrogen-bond acceptors (Lipinski definition) is 5. The molecule has 6 heteroatoms. The minimum Gasteiger partial charge on any atom is -0.380 e. The van der Waals surface area contributed by atoms with Gasteiger partial charge in [-0.3, -0.25) is 9.69 Å². The van der Waals surface area contributed by atoms with Gasteiger partial charge >= 0.3 is 0 Å². The van der Waals surface area contributed by atoms with Crippen LogP contribution in [-0.2, 0) is 16.1 Å². The fourth-order valence-electron chi connectivity index (χ4n) is 3.06. The molecule has 0 saturated carbocycles. The molecule has 3 rings (SSSR count). The Morgan fingerprint density at radius 2 is 2.24 bits per heavy atom. The Labute approximate surface area is 129 Å². The van der Waals surface area contributed by atoms with E-state index in [0.29, 0.717) is 0 Å². The molecule has 2 fully saturated rings. The van der Waals surface area contributed by atoms with Gasteiger partial charge in [-0.15, -0.1) is 0 Å². The Bertz CT molecular complexity index is 457. The first-order valence-corrected chi connectivity index (χ1v) is 8.49. The Hall–Kier alpha value is -0.950. The third-order valence-corrected chi connectivity index (χ3v) is 5.12. The second kappa shape index (κ2) is 6.87. The maximum atomic E-state index is 12.5. The molecule has 0 spiro atoms. The topological polar surface area (TPSA) is 44.8 Å². The Balaban J connectivity index is 1.46. The number of carbonyl (C=O) groups is 1. The van der Waals surface area contributed by atoms with Crippen LogP contribution in [0.4, 0.5) is 0 Å². The number of hydrogen-bond donors (Lipinski definition) is 1. The number of ether oxygens (including phenoxy) is 1. The predicted octanol–water partition coefficient (Wildman–Crippen LogP) is 0.769. The zero-order valence-corrected chi connectivity index (χ0v) is 13.3. The first-order valence-electron chi connectivity index (χ1n) is 7.54. The minimum atomic E-state index is -0.0571. The lowest BCUT2D eigenvalue weighted by molar-refractivity contribution is -0.135. The normalized spacial score (nSPS) is 27.2. The van der Waals surface area contributed by atoms with Gasteiger partial charge in [-0.25, -0.2) is 0 Å². The van der Waals surface area contributed by atoms with Gasteiger partial charge in [0.1, 0.15) is 0 Å². The highest BCUT2D eigenvalue weighted by Gasteiger charge is 2.33. The summed E-state index contributed by atoms with van der Waals surface area (Å²) in [5.41, 5.74) is 1.38. The highest BCUT2D eigenvalue weighted by atomic mass is 32.1. The van der Waals surface area contributed by atoms with Gasteiger partial charge in [0, 0.05) is 46.4 Å². The number of amides is 1. The summed E-state index contributed by atoms with van der Waals surface area (Å²) in [7, 11) is 1.71. The van der Waals surface area contributed by atoms with Crippen LogP contribution in [0.1, 0.15) is 12.0 Å². The molecule has 3 heterocycles. The summed E-state index contributed by atoms with van der Waals surface area (Å²) in [6.07, 6.45) is 0.976. The van der Waals surface area contributed by atoms with Crippen LogP contribution in [0.3, 0.4) is 0 Å². The van der Waals surface area contributed by atoms with Gasteiger partial charge < -0.3 is 15.0 Å². The molecule has 21 heavy (non-hydrogen) atoms. The van der Waals surface area contributed by atoms with Crippen molar-refractivity contribution in [2.75, 3.05) is 39.8 Å². The fourth-order valence-corrected chi connectivity index (χ4v) is 3.72. The Morgan fingerprint density at radius 1 is 1.43 bits per heavy atom. The summed E-state index contributed by atoms with van der Waals surface area (Å²) in [5, 5.41) is 7.59. The van der Waals surface area contributed by atoms with E-state index in [1.807, 2.05) is 4.90 Å². The predicted molar refractivity (Wildman–Crippen MR) is 83.4 cm³/mol. The van der Waals surface area contributed by atoms with E-state index >= 15 is 0 Å². The molecule has 0 aliphatic carbocycles. The molecule has 1 aromatic heterocycles. The third-order valence-electron chi connectivity index (χ3n) is 4.39. The van der Waals surface area contributed by atoms with Crippen molar-refractivity contribution in [1.82, 2.24) is 15.1 Å². The summed E-state index contributed by atoms with van der Waals surface area (Å²) in [6.45, 7) is 5.37. The number of carbonyl (C=O) groups excluding carboxylic acids is 1. The van der Waals surface area contributed by atoms with Crippen LogP contribution in [0.25, 0.3) is 0 Å². The van der Waals surface area contributed by atoms with Crippen LogP contribution in [0.2, 0.25) is 0 Å². The van der Waals surface area contributed by atoms with Crippen LogP contribution in [0.5, 0.6) is 0 Å². The van der Waals surface area contributed by atoms with E-state index in [-0.39, 0.29) is 18.1 Å². The van der Waals surface area contributed by atoms with Crippen molar-refractivity contribution < 1.29 is 9.53 Å². The molecular weight excluding hydrogens is 286 g/mol. The summed E-state index contributed by atoms with van der Waals surface area (Å²) in [4.78, 5) is 16.9. The van der Waals surface area contributed by atoms with Crippen LogP contribution in [-0.4, -0.2) is 67.7 Å². The molecule has 1 aromatic rings. The van der Waals surface area contributed by atoms with Gasteiger partial charge in [-0.05, 0) is 28.8 Å². The van der Waals surface area contributed by atoms with E-state index in [2.05, 4.69) is 27.0 Å². The van der Waals surface area contributed by atoms with Gasteiger partial charge in [0.25, 0.3) is 0 Å². The summed E-state index contributed by atoms with van der Waals surface area (Å²) in [6, 6.07) is 2.12. The van der Waals surface area contributed by atoms with Crippen molar-refractivity contribution in [3.05, 3.63) is 22.4 Å². The number of methoxy groups -OCH3 is 1. The van der Waals surface area contributed by atoms with Crippen LogP contribution < -0.4 is 5.32 Å². The van der Waals surface area contributed by atoms with E-state index in [0.717, 1.165) is 45.7 Å². The molecule has 2 aliphatic heterocycles. The molecular formula is C15H23N3O2S. The molecule has 5 nitrogen and oxygen atoms in total. The molecule has 116 valence electrons. The summed E-state index contributed by atoms with van der Waals surface area (Å²) < 4.78 is 5.31. The van der Waals surface area contributed by atoms with Crippen LogP contribution in [0, 0.1) is 0 Å². The van der Waals surface area contributed by atoms with E-state index in [9.17, 15) is 4.79 Å². The van der Waals surface area contributed by atoms with Gasteiger partial charge in [0.2, 0.25) is 5.91 Å². The molecule has 1 N–H and O–H groups in total. The van der Waals surface area contributed by atoms with Gasteiger partial charge in [-0.1, -0.05) is 0 Å². The molecule has 0 radical (unpaired) electrons. The zero-order chi connectivity index (χ0) is 14.7. The van der Waals surface area contributed by atoms with Crippen molar-refractivity contribution in [2.45, 2.75) is 25.1 Å². The van der Waals surface area contributed by atoms with Crippen molar-refractivity contribution in [1.29, 1.82) is 0 Å². The molecule has 1 amide bonds. The second-order valence-corrected chi connectivity index (χ2v) is 6.57. The Kier molecular flexibility index (Phi) is 4.90. The average molecular weight is 309 g/mol. The lowest BCUT2D eigenvalue weighted by atomic mass is 10.1. The quantitative estimate of drug-likeness (QED) is 0.892. The monoisotopic (exact) mass is 309 g/mol. The highest BCUT2D eigenvalue weighted by Crippen LogP contribution is 2.15. The number of nitrogens with zero attached hydrogens (tertiary/aromatic N) is 2. The summed E-state index contributed by atoms with van der Waals surface area (Å²) >= 11 is 1.74. The zero-order valence-electron chi connectivity index (χ0n) is 12.5. The SMILES string of the molecule is COC1CNC(C(=O)N2CCN(Cc3ccsc3)CC2)C1. The van der Waals surface area contributed by atoms with E-state index in [1.54, 1.807) is 18.4 Å². The molecule has 0 aromatic carbocycles. The molecule has 2 atom stereocenters. The average Bonchev–Trinajstić information content (AvgIpc) is 3.18. The molecule has 2 aliphatic rings. The number of nitrogens with one attached hydrogen (secondary N) is 1. The number of thiophene rings is 1. The van der Waals surface area contributed by atoms with Crippen LogP contribution in [0.15, 0.2) is 16.8 Å². The maximum absolute atomic E-state index is 12.5. The molecule has 2 saturated heterocycles. The molecule has 0 bridgehead atoms.